The van der Waals surface area contributed by atoms with Gasteiger partial charge in [-0.15, -0.1) is 11.3 Å². The van der Waals surface area contributed by atoms with Gasteiger partial charge in [-0.25, -0.2) is 13.2 Å². The molecule has 2 aliphatic rings. The standard InChI is InChI=1S/C20H23BrClN3O3S2.C2HF3O2/c1-23-9-7-13(8-10-23)24(2)20(26)15-12-25(17-6-4-3-5-14(15)17)30(27,28)18-11-16(21)19(22)29-18;3-2(4,5)1(6)7/h3-6,11,13,15H,7-10,12H2,1-2H3;(H,6,7). The third-order valence-corrected chi connectivity index (χ3v) is 10.9. The van der Waals surface area contributed by atoms with Crippen LogP contribution in [0.2, 0.25) is 4.34 Å². The van der Waals surface area contributed by atoms with E-state index in [-0.39, 0.29) is 22.7 Å². The van der Waals surface area contributed by atoms with Crippen LogP contribution in [0.15, 0.2) is 39.0 Å². The number of fused-ring (bicyclic) bond motifs is 1. The minimum absolute atomic E-state index is 0.0277. The molecule has 4 rings (SSSR count). The first-order valence-corrected chi connectivity index (χ1v) is 14.4. The molecule has 0 aliphatic carbocycles. The summed E-state index contributed by atoms with van der Waals surface area (Å²) >= 11 is 10.4. The predicted octanol–water partition coefficient (Wildman–Crippen LogP) is 4.64. The molecule has 1 fully saturated rings. The Morgan fingerprint density at radius 1 is 1.22 bits per heavy atom. The molecule has 1 unspecified atom stereocenters. The molecule has 8 nitrogen and oxygen atoms in total. The van der Waals surface area contributed by atoms with Gasteiger partial charge in [0, 0.05) is 17.6 Å². The van der Waals surface area contributed by atoms with Gasteiger partial charge in [0.2, 0.25) is 5.91 Å². The van der Waals surface area contributed by atoms with Gasteiger partial charge in [0.1, 0.15) is 8.55 Å². The number of likely N-dealkylation sites (N-methyl/N-ethyl adjacent to an activating group) is 1. The largest absolute Gasteiger partial charge is 0.490 e. The maximum absolute atomic E-state index is 13.4. The Balaban J connectivity index is 0.000000479. The van der Waals surface area contributed by atoms with E-state index in [1.54, 1.807) is 12.1 Å². The highest BCUT2D eigenvalue weighted by molar-refractivity contribution is 9.10. The number of carboxylic acids is 1. The summed E-state index contributed by atoms with van der Waals surface area (Å²) in [5, 5.41) is 7.12. The summed E-state index contributed by atoms with van der Waals surface area (Å²) in [7, 11) is 0.110. The van der Waals surface area contributed by atoms with E-state index >= 15 is 0 Å². The lowest BCUT2D eigenvalue weighted by molar-refractivity contribution is -0.192. The van der Waals surface area contributed by atoms with Crippen LogP contribution in [0.4, 0.5) is 18.9 Å². The number of nitrogens with zero attached hydrogens (tertiary/aromatic N) is 3. The second-order valence-corrected chi connectivity index (χ2v) is 13.2. The van der Waals surface area contributed by atoms with Gasteiger partial charge in [0.15, 0.2) is 0 Å². The molecule has 3 heterocycles. The number of hydrogen-bond acceptors (Lipinski definition) is 6. The van der Waals surface area contributed by atoms with Gasteiger partial charge in [0.05, 0.1) is 18.2 Å². The summed E-state index contributed by atoms with van der Waals surface area (Å²) in [5.74, 6) is -3.30. The van der Waals surface area contributed by atoms with Gasteiger partial charge >= 0.3 is 12.1 Å². The van der Waals surface area contributed by atoms with Crippen LogP contribution in [0, 0.1) is 0 Å². The van der Waals surface area contributed by atoms with Crippen LogP contribution in [0.1, 0.15) is 24.3 Å². The Morgan fingerprint density at radius 2 is 1.78 bits per heavy atom. The number of aliphatic carboxylic acids is 1. The SMILES string of the molecule is CN1CCC(N(C)C(=O)C2CN(S(=O)(=O)c3cc(Br)c(Cl)s3)c3ccccc32)CC1.O=C(O)C(F)(F)F. The van der Waals surface area contributed by atoms with Gasteiger partial charge in [-0.2, -0.15) is 13.2 Å². The van der Waals surface area contributed by atoms with Crippen LogP contribution in [-0.4, -0.2) is 81.1 Å². The topological polar surface area (TPSA) is 98.2 Å². The number of thiophene rings is 1. The van der Waals surface area contributed by atoms with Crippen LogP contribution in [0.25, 0.3) is 0 Å². The summed E-state index contributed by atoms with van der Waals surface area (Å²) in [5.41, 5.74) is 1.32. The first-order valence-electron chi connectivity index (χ1n) is 11.0. The lowest BCUT2D eigenvalue weighted by Gasteiger charge is -2.36. The number of para-hydroxylation sites is 1. The molecule has 204 valence electrons. The van der Waals surface area contributed by atoms with Gasteiger partial charge in [-0.1, -0.05) is 29.8 Å². The highest BCUT2D eigenvalue weighted by Crippen LogP contribution is 2.43. The smallest absolute Gasteiger partial charge is 0.475 e. The molecule has 0 spiro atoms. The monoisotopic (exact) mass is 645 g/mol. The third-order valence-electron chi connectivity index (χ3n) is 6.22. The molecule has 1 aromatic heterocycles. The van der Waals surface area contributed by atoms with Crippen molar-refractivity contribution >= 4 is 66.5 Å². The number of piperidine rings is 1. The second kappa shape index (κ2) is 11.5. The summed E-state index contributed by atoms with van der Waals surface area (Å²) in [6.45, 7) is 2.01. The van der Waals surface area contributed by atoms with E-state index in [1.807, 2.05) is 24.1 Å². The van der Waals surface area contributed by atoms with E-state index in [2.05, 4.69) is 27.9 Å². The first-order chi connectivity index (χ1) is 17.1. The zero-order valence-corrected chi connectivity index (χ0v) is 23.7. The quantitative estimate of drug-likeness (QED) is 0.520. The molecule has 1 saturated heterocycles. The number of rotatable bonds is 4. The lowest BCUT2D eigenvalue weighted by Crippen LogP contribution is -2.46. The predicted molar refractivity (Wildman–Crippen MR) is 138 cm³/mol. The van der Waals surface area contributed by atoms with Crippen molar-refractivity contribution in [1.82, 2.24) is 9.80 Å². The maximum Gasteiger partial charge on any atom is 0.490 e. The van der Waals surface area contributed by atoms with Crippen LogP contribution in [0.5, 0.6) is 0 Å². The number of carbonyl (C=O) groups is 2. The van der Waals surface area contributed by atoms with Crippen molar-refractivity contribution in [2.45, 2.75) is 35.2 Å². The van der Waals surface area contributed by atoms with E-state index in [0.29, 0.717) is 14.5 Å². The zero-order chi connectivity index (χ0) is 27.7. The third kappa shape index (κ3) is 6.59. The Morgan fingerprint density at radius 3 is 2.30 bits per heavy atom. The number of amides is 1. The molecule has 1 atom stereocenters. The molecule has 1 aromatic carbocycles. The lowest BCUT2D eigenvalue weighted by atomic mass is 9.97. The number of benzene rings is 1. The molecule has 0 radical (unpaired) electrons. The zero-order valence-electron chi connectivity index (χ0n) is 19.7. The summed E-state index contributed by atoms with van der Waals surface area (Å²) in [6.07, 6.45) is -3.23. The average molecular weight is 647 g/mol. The van der Waals surface area contributed by atoms with E-state index in [1.165, 1.54) is 10.4 Å². The maximum atomic E-state index is 13.4. The molecule has 1 N–H and O–H groups in total. The van der Waals surface area contributed by atoms with Gasteiger partial charge in [-0.3, -0.25) is 9.10 Å². The van der Waals surface area contributed by atoms with Crippen molar-refractivity contribution in [1.29, 1.82) is 0 Å². The van der Waals surface area contributed by atoms with Gasteiger partial charge in [-0.05, 0) is 66.6 Å². The minimum Gasteiger partial charge on any atom is -0.475 e. The minimum atomic E-state index is -5.08. The number of likely N-dealkylation sites (tertiary alicyclic amines) is 1. The van der Waals surface area contributed by atoms with Crippen molar-refractivity contribution in [2.75, 3.05) is 38.0 Å². The normalized spacial score (nSPS) is 18.7. The number of hydrogen-bond donors (Lipinski definition) is 1. The van der Waals surface area contributed by atoms with Crippen molar-refractivity contribution in [3.05, 3.63) is 44.7 Å². The van der Waals surface area contributed by atoms with Crippen molar-refractivity contribution in [3.63, 3.8) is 0 Å². The number of anilines is 1. The van der Waals surface area contributed by atoms with Crippen molar-refractivity contribution in [3.8, 4) is 0 Å². The molecular formula is C22H24BrClF3N3O5S2. The number of carboxylic acid groups (broad SMARTS) is 1. The van der Waals surface area contributed by atoms with Crippen LogP contribution >= 0.6 is 38.9 Å². The van der Waals surface area contributed by atoms with E-state index in [4.69, 9.17) is 21.5 Å². The Bertz CT molecular complexity index is 1250. The van der Waals surface area contributed by atoms with Crippen molar-refractivity contribution < 1.29 is 36.3 Å². The van der Waals surface area contributed by atoms with E-state index < -0.39 is 28.1 Å². The fourth-order valence-corrected chi connectivity index (χ4v) is 8.10. The number of carbonyl (C=O) groups excluding carboxylic acids is 1. The summed E-state index contributed by atoms with van der Waals surface area (Å²) in [6, 6.07) is 8.96. The van der Waals surface area contributed by atoms with E-state index in [0.717, 1.165) is 42.8 Å². The average Bonchev–Trinajstić information content (AvgIpc) is 3.39. The molecule has 37 heavy (non-hydrogen) atoms. The van der Waals surface area contributed by atoms with Crippen LogP contribution in [0.3, 0.4) is 0 Å². The highest BCUT2D eigenvalue weighted by atomic mass is 79.9. The Kier molecular flexibility index (Phi) is 9.21. The fourth-order valence-electron chi connectivity index (χ4n) is 4.18. The highest BCUT2D eigenvalue weighted by Gasteiger charge is 2.42. The fraction of sp³-hybridized carbons (Fsp3) is 0.455. The summed E-state index contributed by atoms with van der Waals surface area (Å²) < 4.78 is 60.9. The van der Waals surface area contributed by atoms with Crippen LogP contribution < -0.4 is 4.31 Å². The van der Waals surface area contributed by atoms with Gasteiger partial charge < -0.3 is 14.9 Å². The Hall–Kier alpha value is -1.87. The summed E-state index contributed by atoms with van der Waals surface area (Å²) in [4.78, 5) is 26.4. The molecule has 2 aliphatic heterocycles. The number of sulfonamides is 1. The first kappa shape index (κ1) is 29.7. The molecule has 0 saturated carbocycles. The number of alkyl halides is 3. The van der Waals surface area contributed by atoms with E-state index in [9.17, 15) is 26.4 Å². The van der Waals surface area contributed by atoms with Crippen molar-refractivity contribution in [2.24, 2.45) is 0 Å². The van der Waals surface area contributed by atoms with Crippen LogP contribution in [-0.2, 0) is 19.6 Å². The number of halogens is 5. The Labute approximate surface area is 229 Å². The molecule has 2 aromatic rings. The molecule has 1 amide bonds. The molecular weight excluding hydrogens is 623 g/mol. The molecule has 0 bridgehead atoms. The van der Waals surface area contributed by atoms with Gasteiger partial charge in [0.25, 0.3) is 10.0 Å². The molecule has 15 heteroatoms. The second-order valence-electron chi connectivity index (χ2n) is 8.62.